The van der Waals surface area contributed by atoms with Crippen LogP contribution in [0.5, 0.6) is 0 Å². The second-order valence-electron chi connectivity index (χ2n) is 4.73. The molecule has 18 heavy (non-hydrogen) atoms. The van der Waals surface area contributed by atoms with E-state index in [2.05, 4.69) is 45.6 Å². The van der Waals surface area contributed by atoms with E-state index in [-0.39, 0.29) is 5.28 Å². The van der Waals surface area contributed by atoms with Crippen molar-refractivity contribution in [3.8, 4) is 0 Å². The minimum Gasteiger partial charge on any atom is -0.368 e. The van der Waals surface area contributed by atoms with Crippen LogP contribution in [0.1, 0.15) is 27.2 Å². The van der Waals surface area contributed by atoms with E-state index in [0.29, 0.717) is 11.6 Å². The van der Waals surface area contributed by atoms with E-state index in [1.807, 2.05) is 0 Å². The van der Waals surface area contributed by atoms with Crippen molar-refractivity contribution in [2.45, 2.75) is 33.7 Å². The molecule has 0 fully saturated rings. The van der Waals surface area contributed by atoms with Crippen molar-refractivity contribution >= 4 is 28.6 Å². The highest BCUT2D eigenvalue weighted by molar-refractivity contribution is 6.28. The first-order valence-corrected chi connectivity index (χ1v) is 6.61. The van der Waals surface area contributed by atoms with Crippen molar-refractivity contribution in [3.63, 3.8) is 0 Å². The summed E-state index contributed by atoms with van der Waals surface area (Å²) in [5.41, 5.74) is 1.58. The van der Waals surface area contributed by atoms with Gasteiger partial charge in [-0.1, -0.05) is 20.8 Å². The van der Waals surface area contributed by atoms with Crippen LogP contribution < -0.4 is 5.32 Å². The predicted molar refractivity (Wildman–Crippen MR) is 74.0 cm³/mol. The van der Waals surface area contributed by atoms with Crippen LogP contribution in [0.4, 0.5) is 5.82 Å². The van der Waals surface area contributed by atoms with Crippen LogP contribution in [0.15, 0.2) is 6.33 Å². The number of anilines is 1. The molecule has 98 valence electrons. The average molecular weight is 268 g/mol. The molecule has 0 atom stereocenters. The molecule has 0 aliphatic heterocycles. The summed E-state index contributed by atoms with van der Waals surface area (Å²) in [5.74, 6) is 1.31. The molecule has 0 spiro atoms. The van der Waals surface area contributed by atoms with Gasteiger partial charge >= 0.3 is 0 Å². The summed E-state index contributed by atoms with van der Waals surface area (Å²) in [6.07, 6.45) is 2.83. The zero-order valence-electron chi connectivity index (χ0n) is 10.9. The zero-order valence-corrected chi connectivity index (χ0v) is 11.7. The van der Waals surface area contributed by atoms with E-state index < -0.39 is 0 Å². The number of nitrogens with zero attached hydrogens (tertiary/aromatic N) is 4. The summed E-state index contributed by atoms with van der Waals surface area (Å²) >= 11 is 5.91. The Morgan fingerprint density at radius 1 is 1.39 bits per heavy atom. The van der Waals surface area contributed by atoms with Crippen molar-refractivity contribution in [2.75, 3.05) is 11.9 Å². The quantitative estimate of drug-likeness (QED) is 0.847. The van der Waals surface area contributed by atoms with Gasteiger partial charge in [0, 0.05) is 13.1 Å². The summed E-state index contributed by atoms with van der Waals surface area (Å²) in [5, 5.41) is 3.55. The normalized spacial score (nSPS) is 11.4. The van der Waals surface area contributed by atoms with Gasteiger partial charge in [-0.2, -0.15) is 9.97 Å². The smallest absolute Gasteiger partial charge is 0.226 e. The molecular weight excluding hydrogens is 250 g/mol. The summed E-state index contributed by atoms with van der Waals surface area (Å²) < 4.78 is 2.06. The van der Waals surface area contributed by atoms with Crippen LogP contribution in [0, 0.1) is 5.92 Å². The predicted octanol–water partition coefficient (Wildman–Crippen LogP) is 2.96. The Hall–Kier alpha value is -1.36. The molecule has 2 rings (SSSR count). The van der Waals surface area contributed by atoms with Gasteiger partial charge in [-0.15, -0.1) is 0 Å². The third kappa shape index (κ3) is 2.72. The van der Waals surface area contributed by atoms with Crippen molar-refractivity contribution in [1.29, 1.82) is 0 Å². The number of nitrogens with one attached hydrogen (secondary N) is 1. The highest BCUT2D eigenvalue weighted by Gasteiger charge is 2.12. The average Bonchev–Trinajstić information content (AvgIpc) is 2.69. The Bertz CT molecular complexity index is 534. The van der Waals surface area contributed by atoms with Crippen LogP contribution in [0.25, 0.3) is 11.2 Å². The van der Waals surface area contributed by atoms with Gasteiger partial charge in [0.25, 0.3) is 0 Å². The molecule has 1 N–H and O–H groups in total. The lowest BCUT2D eigenvalue weighted by Gasteiger charge is -2.11. The van der Waals surface area contributed by atoms with Gasteiger partial charge in [-0.25, -0.2) is 4.98 Å². The standard InChI is InChI=1S/C12H18ClN5/c1-4-5-18-7-15-11-9(18)10(14-6-8(2)3)16-12(13)17-11/h7-8H,4-6H2,1-3H3,(H,14,16,17). The van der Waals surface area contributed by atoms with Gasteiger partial charge < -0.3 is 9.88 Å². The van der Waals surface area contributed by atoms with Gasteiger partial charge in [0.05, 0.1) is 6.33 Å². The van der Waals surface area contributed by atoms with Crippen molar-refractivity contribution in [2.24, 2.45) is 5.92 Å². The number of hydrogen-bond acceptors (Lipinski definition) is 4. The SMILES string of the molecule is CCCn1cnc2nc(Cl)nc(NCC(C)C)c21. The number of hydrogen-bond donors (Lipinski definition) is 1. The Kier molecular flexibility index (Phi) is 4.01. The van der Waals surface area contributed by atoms with Gasteiger partial charge in [-0.3, -0.25) is 0 Å². The van der Waals surface area contributed by atoms with Gasteiger partial charge in [0.2, 0.25) is 5.28 Å². The second kappa shape index (κ2) is 5.52. The van der Waals surface area contributed by atoms with Crippen LogP contribution in [0.2, 0.25) is 5.28 Å². The van der Waals surface area contributed by atoms with E-state index in [9.17, 15) is 0 Å². The van der Waals surface area contributed by atoms with Gasteiger partial charge in [-0.05, 0) is 23.9 Å². The summed E-state index contributed by atoms with van der Waals surface area (Å²) in [4.78, 5) is 12.7. The van der Waals surface area contributed by atoms with Crippen molar-refractivity contribution < 1.29 is 0 Å². The number of fused-ring (bicyclic) bond motifs is 1. The molecule has 0 saturated heterocycles. The van der Waals surface area contributed by atoms with Crippen LogP contribution in [0.3, 0.4) is 0 Å². The summed E-state index contributed by atoms with van der Waals surface area (Å²) in [6, 6.07) is 0. The minimum atomic E-state index is 0.232. The fraction of sp³-hybridized carbons (Fsp3) is 0.583. The Morgan fingerprint density at radius 2 is 2.17 bits per heavy atom. The van der Waals surface area contributed by atoms with Crippen molar-refractivity contribution in [1.82, 2.24) is 19.5 Å². The molecule has 0 aliphatic rings. The molecule has 0 amide bonds. The zero-order chi connectivity index (χ0) is 13.1. The molecule has 2 heterocycles. The third-order valence-corrected chi connectivity index (χ3v) is 2.76. The van der Waals surface area contributed by atoms with E-state index in [0.717, 1.165) is 30.8 Å². The first-order valence-electron chi connectivity index (χ1n) is 6.24. The minimum absolute atomic E-state index is 0.232. The Balaban J connectivity index is 2.43. The number of imidazole rings is 1. The molecular formula is C12H18ClN5. The summed E-state index contributed by atoms with van der Waals surface area (Å²) in [6.45, 7) is 8.17. The first-order chi connectivity index (χ1) is 8.61. The van der Waals surface area contributed by atoms with E-state index in [4.69, 9.17) is 11.6 Å². The van der Waals surface area contributed by atoms with Gasteiger partial charge in [0.15, 0.2) is 11.5 Å². The molecule has 2 aromatic heterocycles. The first kappa shape index (κ1) is 13.1. The van der Waals surface area contributed by atoms with Crippen LogP contribution in [-0.2, 0) is 6.54 Å². The van der Waals surface area contributed by atoms with Gasteiger partial charge in [0.1, 0.15) is 5.52 Å². The second-order valence-corrected chi connectivity index (χ2v) is 5.06. The maximum Gasteiger partial charge on any atom is 0.226 e. The third-order valence-electron chi connectivity index (χ3n) is 2.59. The number of aryl methyl sites for hydroxylation is 1. The van der Waals surface area contributed by atoms with E-state index >= 15 is 0 Å². The van der Waals surface area contributed by atoms with Crippen LogP contribution >= 0.6 is 11.6 Å². The molecule has 6 heteroatoms. The molecule has 0 unspecified atom stereocenters. The van der Waals surface area contributed by atoms with Crippen LogP contribution in [-0.4, -0.2) is 26.1 Å². The molecule has 2 aromatic rings. The molecule has 0 radical (unpaired) electrons. The lowest BCUT2D eigenvalue weighted by Crippen LogP contribution is -2.11. The Morgan fingerprint density at radius 3 is 2.83 bits per heavy atom. The number of rotatable bonds is 5. The fourth-order valence-corrected chi connectivity index (χ4v) is 1.95. The van der Waals surface area contributed by atoms with E-state index in [1.54, 1.807) is 6.33 Å². The molecule has 5 nitrogen and oxygen atoms in total. The highest BCUT2D eigenvalue weighted by Crippen LogP contribution is 2.22. The Labute approximate surface area is 112 Å². The topological polar surface area (TPSA) is 55.6 Å². The maximum atomic E-state index is 5.91. The monoisotopic (exact) mass is 267 g/mol. The maximum absolute atomic E-state index is 5.91. The fourth-order valence-electron chi connectivity index (χ4n) is 1.79. The number of halogens is 1. The largest absolute Gasteiger partial charge is 0.368 e. The number of aromatic nitrogens is 4. The molecule has 0 saturated carbocycles. The highest BCUT2D eigenvalue weighted by atomic mass is 35.5. The molecule has 0 aliphatic carbocycles. The van der Waals surface area contributed by atoms with E-state index in [1.165, 1.54) is 0 Å². The molecule has 0 bridgehead atoms. The van der Waals surface area contributed by atoms with Crippen molar-refractivity contribution in [3.05, 3.63) is 11.6 Å². The lowest BCUT2D eigenvalue weighted by molar-refractivity contribution is 0.682. The lowest BCUT2D eigenvalue weighted by atomic mass is 10.2. The summed E-state index contributed by atoms with van der Waals surface area (Å²) in [7, 11) is 0. The molecule has 0 aromatic carbocycles.